The molecule has 0 radical (unpaired) electrons. The maximum Gasteiger partial charge on any atom is 0.170 e. The summed E-state index contributed by atoms with van der Waals surface area (Å²) in [5.41, 5.74) is 5.61. The lowest BCUT2D eigenvalue weighted by atomic mass is 9.87. The minimum absolute atomic E-state index is 0.0267. The van der Waals surface area contributed by atoms with Gasteiger partial charge in [-0.25, -0.2) is 4.98 Å². The Morgan fingerprint density at radius 2 is 1.93 bits per heavy atom. The summed E-state index contributed by atoms with van der Waals surface area (Å²) in [4.78, 5) is 5.95. The molecule has 0 aliphatic heterocycles. The largest absolute Gasteiger partial charge is 0.395 e. The number of aromatic nitrogens is 4. The molecule has 0 atom stereocenters. The normalized spacial score (nSPS) is 13.8. The number of aliphatic hydroxyl groups excluding tert-OH is 1. The first-order valence-corrected chi connectivity index (χ1v) is 10.5. The summed E-state index contributed by atoms with van der Waals surface area (Å²) >= 11 is 7.71. The number of rotatable bonds is 4. The number of halogens is 1. The molecule has 3 heterocycles. The van der Waals surface area contributed by atoms with Crippen LogP contribution in [0.15, 0.2) is 24.3 Å². The summed E-state index contributed by atoms with van der Waals surface area (Å²) < 4.78 is 0.920. The average molecular weight is 412 g/mol. The Kier molecular flexibility index (Phi) is 4.58. The second-order valence-corrected chi connectivity index (χ2v) is 8.31. The third-order valence-corrected chi connectivity index (χ3v) is 6.46. The Morgan fingerprint density at radius 3 is 2.75 bits per heavy atom. The van der Waals surface area contributed by atoms with Crippen LogP contribution in [-0.2, 0) is 12.8 Å². The fourth-order valence-corrected chi connectivity index (χ4v) is 5.13. The van der Waals surface area contributed by atoms with Crippen LogP contribution >= 0.6 is 22.9 Å². The Bertz CT molecular complexity index is 1180. The van der Waals surface area contributed by atoms with E-state index in [1.165, 1.54) is 29.7 Å². The molecule has 0 amide bonds. The van der Waals surface area contributed by atoms with E-state index in [1.54, 1.807) is 11.3 Å². The highest BCUT2D eigenvalue weighted by Crippen LogP contribution is 2.44. The van der Waals surface area contributed by atoms with Crippen molar-refractivity contribution in [3.63, 3.8) is 0 Å². The van der Waals surface area contributed by atoms with Crippen molar-refractivity contribution in [2.75, 3.05) is 18.5 Å². The molecule has 0 saturated heterocycles. The van der Waals surface area contributed by atoms with E-state index in [1.807, 2.05) is 12.1 Å². The van der Waals surface area contributed by atoms with E-state index in [4.69, 9.17) is 21.7 Å². The highest BCUT2D eigenvalue weighted by atomic mass is 35.5. The van der Waals surface area contributed by atoms with Crippen molar-refractivity contribution in [2.24, 2.45) is 0 Å². The maximum atomic E-state index is 9.15. The fraction of sp³-hybridized carbons (Fsp3) is 0.300. The molecule has 8 heteroatoms. The number of nitrogens with zero attached hydrogens (tertiary/aromatic N) is 4. The van der Waals surface area contributed by atoms with Crippen molar-refractivity contribution in [3.05, 3.63) is 40.5 Å². The zero-order valence-electron chi connectivity index (χ0n) is 15.1. The molecule has 2 N–H and O–H groups in total. The molecule has 0 bridgehead atoms. The van der Waals surface area contributed by atoms with Crippen LogP contribution in [0.5, 0.6) is 0 Å². The van der Waals surface area contributed by atoms with Gasteiger partial charge in [0.05, 0.1) is 6.61 Å². The number of aryl methyl sites for hydroxylation is 1. The summed E-state index contributed by atoms with van der Waals surface area (Å²) in [6.45, 7) is 0.439. The smallest absolute Gasteiger partial charge is 0.170 e. The van der Waals surface area contributed by atoms with Crippen LogP contribution in [0.3, 0.4) is 0 Å². The third kappa shape index (κ3) is 2.90. The van der Waals surface area contributed by atoms with Crippen LogP contribution in [0.2, 0.25) is 5.02 Å². The molecule has 0 saturated carbocycles. The van der Waals surface area contributed by atoms with Crippen LogP contribution < -0.4 is 5.32 Å². The SMILES string of the molecule is OCCNc1nnnc2c1sc1nc3c(c(-c4ccc(Cl)cc4)c12)CCCC3. The molecule has 5 rings (SSSR count). The molecule has 28 heavy (non-hydrogen) atoms. The van der Waals surface area contributed by atoms with Crippen molar-refractivity contribution < 1.29 is 5.11 Å². The molecule has 1 aliphatic rings. The second kappa shape index (κ2) is 7.24. The molecule has 4 aromatic rings. The van der Waals surface area contributed by atoms with Crippen molar-refractivity contribution in [2.45, 2.75) is 25.7 Å². The van der Waals surface area contributed by atoms with Gasteiger partial charge in [0.15, 0.2) is 5.82 Å². The summed E-state index contributed by atoms with van der Waals surface area (Å²) in [6.07, 6.45) is 4.35. The highest BCUT2D eigenvalue weighted by molar-refractivity contribution is 7.26. The minimum atomic E-state index is 0.0267. The number of hydrogen-bond donors (Lipinski definition) is 2. The summed E-state index contributed by atoms with van der Waals surface area (Å²) in [5, 5.41) is 26.5. The first-order valence-electron chi connectivity index (χ1n) is 9.34. The predicted molar refractivity (Wildman–Crippen MR) is 113 cm³/mol. The predicted octanol–water partition coefficient (Wildman–Crippen LogP) is 4.24. The maximum absolute atomic E-state index is 9.15. The van der Waals surface area contributed by atoms with Gasteiger partial charge in [-0.2, -0.15) is 0 Å². The van der Waals surface area contributed by atoms with E-state index in [0.29, 0.717) is 12.4 Å². The van der Waals surface area contributed by atoms with Crippen LogP contribution in [-0.4, -0.2) is 38.7 Å². The minimum Gasteiger partial charge on any atom is -0.395 e. The van der Waals surface area contributed by atoms with Gasteiger partial charge in [-0.15, -0.1) is 21.5 Å². The van der Waals surface area contributed by atoms with E-state index < -0.39 is 0 Å². The summed E-state index contributed by atoms with van der Waals surface area (Å²) in [7, 11) is 0. The molecule has 1 aliphatic carbocycles. The monoisotopic (exact) mass is 411 g/mol. The molecule has 0 spiro atoms. The second-order valence-electron chi connectivity index (χ2n) is 6.87. The van der Waals surface area contributed by atoms with Gasteiger partial charge in [0, 0.05) is 22.6 Å². The topological polar surface area (TPSA) is 83.8 Å². The lowest BCUT2D eigenvalue weighted by molar-refractivity contribution is 0.311. The van der Waals surface area contributed by atoms with Crippen molar-refractivity contribution in [1.29, 1.82) is 0 Å². The first kappa shape index (κ1) is 17.7. The molecule has 6 nitrogen and oxygen atoms in total. The van der Waals surface area contributed by atoms with Crippen LogP contribution in [0.25, 0.3) is 31.6 Å². The van der Waals surface area contributed by atoms with Crippen LogP contribution in [0.1, 0.15) is 24.1 Å². The van der Waals surface area contributed by atoms with Gasteiger partial charge in [-0.1, -0.05) is 23.7 Å². The molecular formula is C20H18ClN5OS. The van der Waals surface area contributed by atoms with Gasteiger partial charge in [0.25, 0.3) is 0 Å². The number of benzene rings is 1. The molecule has 3 aromatic heterocycles. The molecule has 142 valence electrons. The quantitative estimate of drug-likeness (QED) is 0.522. The van der Waals surface area contributed by atoms with Gasteiger partial charge in [-0.05, 0) is 59.7 Å². The number of hydrogen-bond acceptors (Lipinski definition) is 7. The molecule has 0 unspecified atom stereocenters. The van der Waals surface area contributed by atoms with Crippen LogP contribution in [0.4, 0.5) is 5.82 Å². The first-order chi connectivity index (χ1) is 13.8. The Balaban J connectivity index is 1.85. The number of aliphatic hydroxyl groups is 1. The molecular weight excluding hydrogens is 394 g/mol. The van der Waals surface area contributed by atoms with E-state index in [-0.39, 0.29) is 6.61 Å². The van der Waals surface area contributed by atoms with Crippen LogP contribution in [0, 0.1) is 0 Å². The number of thiophene rings is 1. The Morgan fingerprint density at radius 1 is 1.11 bits per heavy atom. The van der Waals surface area contributed by atoms with Gasteiger partial charge in [0.1, 0.15) is 15.0 Å². The van der Waals surface area contributed by atoms with Gasteiger partial charge in [0.2, 0.25) is 0 Å². The van der Waals surface area contributed by atoms with Gasteiger partial charge >= 0.3 is 0 Å². The lowest BCUT2D eigenvalue weighted by Gasteiger charge is -2.19. The summed E-state index contributed by atoms with van der Waals surface area (Å²) in [5.74, 6) is 0.641. The highest BCUT2D eigenvalue weighted by Gasteiger charge is 2.24. The lowest BCUT2D eigenvalue weighted by Crippen LogP contribution is -2.08. The molecule has 0 fully saturated rings. The van der Waals surface area contributed by atoms with Gasteiger partial charge in [-0.3, -0.25) is 0 Å². The zero-order valence-corrected chi connectivity index (χ0v) is 16.6. The number of pyridine rings is 1. The standard InChI is InChI=1S/C20H18ClN5OS/c21-12-7-5-11(6-8-12)15-13-3-1-2-4-14(13)23-20-16(15)17-18(28-20)19(22-9-10-27)25-26-24-17/h5-8,27H,1-4,9-10H2,(H,22,24,25). The van der Waals surface area contributed by atoms with Crippen molar-refractivity contribution in [1.82, 2.24) is 20.4 Å². The Labute approximate surface area is 170 Å². The number of fused-ring (bicyclic) bond motifs is 4. The van der Waals surface area contributed by atoms with E-state index in [0.717, 1.165) is 43.9 Å². The van der Waals surface area contributed by atoms with E-state index in [2.05, 4.69) is 32.9 Å². The zero-order chi connectivity index (χ0) is 19.1. The van der Waals surface area contributed by atoms with E-state index >= 15 is 0 Å². The van der Waals surface area contributed by atoms with Crippen molar-refractivity contribution >= 4 is 49.2 Å². The van der Waals surface area contributed by atoms with Crippen molar-refractivity contribution in [3.8, 4) is 11.1 Å². The Hall–Kier alpha value is -2.35. The molecule has 1 aromatic carbocycles. The summed E-state index contributed by atoms with van der Waals surface area (Å²) in [6, 6.07) is 7.98. The number of nitrogens with one attached hydrogen (secondary N) is 1. The third-order valence-electron chi connectivity index (χ3n) is 5.13. The average Bonchev–Trinajstić information content (AvgIpc) is 3.10. The fourth-order valence-electron chi connectivity index (χ4n) is 3.91. The van der Waals surface area contributed by atoms with E-state index in [9.17, 15) is 0 Å². The number of anilines is 1. The van der Waals surface area contributed by atoms with Gasteiger partial charge < -0.3 is 10.4 Å².